The first-order valence-corrected chi connectivity index (χ1v) is 8.50. The summed E-state index contributed by atoms with van der Waals surface area (Å²) in [7, 11) is 0. The second-order valence-corrected chi connectivity index (χ2v) is 6.51. The van der Waals surface area contributed by atoms with Gasteiger partial charge in [0.05, 0.1) is 0 Å². The zero-order valence-electron chi connectivity index (χ0n) is 13.9. The highest BCUT2D eigenvalue weighted by Crippen LogP contribution is 2.24. The van der Waals surface area contributed by atoms with Crippen molar-refractivity contribution in [2.45, 2.75) is 13.5 Å². The quantitative estimate of drug-likeness (QED) is 0.789. The van der Waals surface area contributed by atoms with Crippen LogP contribution in [0.4, 0.5) is 10.1 Å². The van der Waals surface area contributed by atoms with Gasteiger partial charge < -0.3 is 9.88 Å². The van der Waals surface area contributed by atoms with E-state index >= 15 is 0 Å². The molecule has 0 atom stereocenters. The molecule has 4 heteroatoms. The highest BCUT2D eigenvalue weighted by atomic mass is 19.1. The molecule has 4 rings (SSSR count). The van der Waals surface area contributed by atoms with E-state index in [1.165, 1.54) is 34.3 Å². The molecule has 24 heavy (non-hydrogen) atoms. The van der Waals surface area contributed by atoms with E-state index in [0.29, 0.717) is 0 Å². The Kier molecular flexibility index (Phi) is 3.98. The summed E-state index contributed by atoms with van der Waals surface area (Å²) in [6, 6.07) is 15.3. The third-order valence-corrected chi connectivity index (χ3v) is 4.97. The number of anilines is 1. The number of piperazine rings is 1. The number of rotatable bonds is 3. The van der Waals surface area contributed by atoms with Gasteiger partial charge in [0.25, 0.3) is 0 Å². The molecule has 1 aliphatic heterocycles. The molecule has 1 aromatic heterocycles. The van der Waals surface area contributed by atoms with E-state index in [4.69, 9.17) is 0 Å². The van der Waals surface area contributed by atoms with Crippen LogP contribution in [0.2, 0.25) is 0 Å². The topological polar surface area (TPSA) is 22.3 Å². The lowest BCUT2D eigenvalue weighted by Gasteiger charge is -2.36. The Morgan fingerprint density at radius 1 is 0.958 bits per heavy atom. The molecule has 0 spiro atoms. The molecule has 3 nitrogen and oxygen atoms in total. The molecule has 1 N–H and O–H groups in total. The minimum absolute atomic E-state index is 0.174. The van der Waals surface area contributed by atoms with Crippen molar-refractivity contribution in [3.63, 3.8) is 0 Å². The molecule has 2 heterocycles. The number of hydrogen-bond acceptors (Lipinski definition) is 2. The van der Waals surface area contributed by atoms with Crippen LogP contribution in [-0.4, -0.2) is 36.1 Å². The smallest absolute Gasteiger partial charge is 0.123 e. The second kappa shape index (κ2) is 6.29. The lowest BCUT2D eigenvalue weighted by atomic mass is 10.1. The summed E-state index contributed by atoms with van der Waals surface area (Å²) in [5.74, 6) is -0.174. The Hall–Kier alpha value is -2.33. The van der Waals surface area contributed by atoms with Crippen molar-refractivity contribution in [3.8, 4) is 0 Å². The average molecular weight is 323 g/mol. The van der Waals surface area contributed by atoms with E-state index in [9.17, 15) is 4.39 Å². The van der Waals surface area contributed by atoms with Crippen molar-refractivity contribution in [3.05, 3.63) is 65.6 Å². The summed E-state index contributed by atoms with van der Waals surface area (Å²) in [5.41, 5.74) is 4.99. The van der Waals surface area contributed by atoms with E-state index in [1.54, 1.807) is 0 Å². The van der Waals surface area contributed by atoms with Crippen LogP contribution in [-0.2, 0) is 6.54 Å². The van der Waals surface area contributed by atoms with Crippen LogP contribution < -0.4 is 4.90 Å². The van der Waals surface area contributed by atoms with Gasteiger partial charge in [0.15, 0.2) is 0 Å². The Balaban J connectivity index is 1.44. The van der Waals surface area contributed by atoms with Gasteiger partial charge in [-0.2, -0.15) is 0 Å². The number of nitrogens with zero attached hydrogens (tertiary/aromatic N) is 2. The predicted molar refractivity (Wildman–Crippen MR) is 96.9 cm³/mol. The first-order valence-electron chi connectivity index (χ1n) is 8.50. The summed E-state index contributed by atoms with van der Waals surface area (Å²) in [4.78, 5) is 8.32. The number of fused-ring (bicyclic) bond motifs is 1. The first-order chi connectivity index (χ1) is 11.7. The van der Waals surface area contributed by atoms with Crippen LogP contribution in [0, 0.1) is 12.7 Å². The third kappa shape index (κ3) is 2.89. The van der Waals surface area contributed by atoms with Gasteiger partial charge >= 0.3 is 0 Å². The zero-order chi connectivity index (χ0) is 16.5. The van der Waals surface area contributed by atoms with E-state index in [1.807, 2.05) is 12.1 Å². The summed E-state index contributed by atoms with van der Waals surface area (Å²) >= 11 is 0. The zero-order valence-corrected chi connectivity index (χ0v) is 13.9. The largest absolute Gasteiger partial charge is 0.369 e. The van der Waals surface area contributed by atoms with Gasteiger partial charge in [-0.05, 0) is 42.8 Å². The van der Waals surface area contributed by atoms with Gasteiger partial charge in [-0.15, -0.1) is 0 Å². The molecule has 1 fully saturated rings. The highest BCUT2D eigenvalue weighted by Gasteiger charge is 2.19. The molecule has 0 radical (unpaired) electrons. The number of aromatic amines is 1. The molecule has 1 saturated heterocycles. The molecule has 0 amide bonds. The summed E-state index contributed by atoms with van der Waals surface area (Å²) in [5, 5.41) is 1.33. The summed E-state index contributed by atoms with van der Waals surface area (Å²) in [6.07, 6.45) is 0. The number of hydrogen-bond donors (Lipinski definition) is 1. The Morgan fingerprint density at radius 3 is 2.42 bits per heavy atom. The lowest BCUT2D eigenvalue weighted by molar-refractivity contribution is 0.250. The maximum atomic E-state index is 13.1. The van der Waals surface area contributed by atoms with Crippen LogP contribution >= 0.6 is 0 Å². The maximum Gasteiger partial charge on any atom is 0.123 e. The fourth-order valence-electron chi connectivity index (χ4n) is 3.58. The molecule has 1 aliphatic rings. The van der Waals surface area contributed by atoms with E-state index in [0.717, 1.165) is 38.4 Å². The number of aromatic nitrogens is 1. The van der Waals surface area contributed by atoms with Crippen LogP contribution in [0.1, 0.15) is 11.3 Å². The molecule has 0 aliphatic carbocycles. The number of benzene rings is 2. The van der Waals surface area contributed by atoms with Gasteiger partial charge in [0.1, 0.15) is 5.82 Å². The Morgan fingerprint density at radius 2 is 1.67 bits per heavy atom. The standard InChI is InChI=1S/C20H22FN3/c1-15-19(18-4-2-3-5-20(18)22-15)14-23-10-12-24(13-11-23)17-8-6-16(21)7-9-17/h2-9,22H,10-14H2,1H3. The molecule has 0 saturated carbocycles. The van der Waals surface area contributed by atoms with Gasteiger partial charge in [-0.1, -0.05) is 18.2 Å². The summed E-state index contributed by atoms with van der Waals surface area (Å²) < 4.78 is 13.1. The normalized spacial score (nSPS) is 16.0. The van der Waals surface area contributed by atoms with Crippen molar-refractivity contribution in [2.24, 2.45) is 0 Å². The predicted octanol–water partition coefficient (Wildman–Crippen LogP) is 3.94. The minimum Gasteiger partial charge on any atom is -0.369 e. The monoisotopic (exact) mass is 323 g/mol. The number of para-hydroxylation sites is 1. The van der Waals surface area contributed by atoms with Crippen LogP contribution in [0.15, 0.2) is 48.5 Å². The van der Waals surface area contributed by atoms with E-state index < -0.39 is 0 Å². The third-order valence-electron chi connectivity index (χ3n) is 4.97. The number of H-pyrrole nitrogens is 1. The molecule has 0 bridgehead atoms. The first kappa shape index (κ1) is 15.2. The van der Waals surface area contributed by atoms with Crippen molar-refractivity contribution in [2.75, 3.05) is 31.1 Å². The molecule has 0 unspecified atom stereocenters. The van der Waals surface area contributed by atoms with Crippen molar-refractivity contribution >= 4 is 16.6 Å². The number of nitrogens with one attached hydrogen (secondary N) is 1. The Labute approximate surface area is 141 Å². The highest BCUT2D eigenvalue weighted by molar-refractivity contribution is 5.84. The van der Waals surface area contributed by atoms with Crippen LogP contribution in [0.25, 0.3) is 10.9 Å². The minimum atomic E-state index is -0.174. The fraction of sp³-hybridized carbons (Fsp3) is 0.300. The van der Waals surface area contributed by atoms with E-state index in [-0.39, 0.29) is 5.82 Å². The summed E-state index contributed by atoms with van der Waals surface area (Å²) in [6.45, 7) is 7.14. The number of aryl methyl sites for hydroxylation is 1. The molecule has 2 aromatic carbocycles. The van der Waals surface area contributed by atoms with Crippen LogP contribution in [0.3, 0.4) is 0 Å². The maximum absolute atomic E-state index is 13.1. The van der Waals surface area contributed by atoms with Gasteiger partial charge in [0.2, 0.25) is 0 Å². The van der Waals surface area contributed by atoms with Crippen molar-refractivity contribution < 1.29 is 4.39 Å². The molecule has 124 valence electrons. The van der Waals surface area contributed by atoms with Crippen molar-refractivity contribution in [1.82, 2.24) is 9.88 Å². The van der Waals surface area contributed by atoms with Crippen molar-refractivity contribution in [1.29, 1.82) is 0 Å². The molecule has 3 aromatic rings. The average Bonchev–Trinajstić information content (AvgIpc) is 2.92. The van der Waals surface area contributed by atoms with Crippen LogP contribution in [0.5, 0.6) is 0 Å². The van der Waals surface area contributed by atoms with Gasteiger partial charge in [0, 0.05) is 55.0 Å². The number of halogens is 1. The molecular weight excluding hydrogens is 301 g/mol. The van der Waals surface area contributed by atoms with E-state index in [2.05, 4.69) is 46.0 Å². The molecular formula is C20H22FN3. The lowest BCUT2D eigenvalue weighted by Crippen LogP contribution is -2.46. The SMILES string of the molecule is Cc1[nH]c2ccccc2c1CN1CCN(c2ccc(F)cc2)CC1. The van der Waals surface area contributed by atoms with Gasteiger partial charge in [-0.25, -0.2) is 4.39 Å². The second-order valence-electron chi connectivity index (χ2n) is 6.51. The Bertz CT molecular complexity index is 830. The fourth-order valence-corrected chi connectivity index (χ4v) is 3.58. The van der Waals surface area contributed by atoms with Gasteiger partial charge in [-0.3, -0.25) is 4.90 Å².